The minimum absolute atomic E-state index is 0.0774. The maximum Gasteiger partial charge on any atom is 0.236 e. The van der Waals surface area contributed by atoms with Gasteiger partial charge in [0.25, 0.3) is 0 Å². The van der Waals surface area contributed by atoms with E-state index in [9.17, 15) is 4.79 Å². The summed E-state index contributed by atoms with van der Waals surface area (Å²) in [4.78, 5) is 16.6. The molecule has 1 aromatic heterocycles. The fraction of sp³-hybridized carbons (Fsp3) is 0.526. The summed E-state index contributed by atoms with van der Waals surface area (Å²) >= 11 is 0. The topological polar surface area (TPSA) is 36.7 Å². The highest BCUT2D eigenvalue weighted by atomic mass is 16.3. The molecule has 4 nitrogen and oxygen atoms in total. The van der Waals surface area contributed by atoms with Crippen LogP contribution in [0.2, 0.25) is 0 Å². The molecule has 1 aliphatic rings. The molecule has 2 atom stereocenters. The Morgan fingerprint density at radius 1 is 1.43 bits per heavy atom. The first-order valence-corrected chi connectivity index (χ1v) is 8.51. The van der Waals surface area contributed by atoms with E-state index in [4.69, 9.17) is 4.42 Å². The normalized spacial score (nSPS) is 20.2. The molecule has 1 aliphatic heterocycles. The highest BCUT2D eigenvalue weighted by Gasteiger charge is 2.24. The summed E-state index contributed by atoms with van der Waals surface area (Å²) in [5, 5.41) is 1.11. The molecular weight excluding hydrogens is 288 g/mol. The molecule has 1 amide bonds. The van der Waals surface area contributed by atoms with Crippen LogP contribution in [-0.4, -0.2) is 42.4 Å². The quantitative estimate of drug-likeness (QED) is 0.863. The lowest BCUT2D eigenvalue weighted by Crippen LogP contribution is -2.44. The predicted octanol–water partition coefficient (Wildman–Crippen LogP) is 3.68. The van der Waals surface area contributed by atoms with Crippen molar-refractivity contribution in [3.63, 3.8) is 0 Å². The smallest absolute Gasteiger partial charge is 0.236 e. The molecule has 0 bridgehead atoms. The number of hydrogen-bond donors (Lipinski definition) is 0. The largest absolute Gasteiger partial charge is 0.459 e. The number of furan rings is 1. The van der Waals surface area contributed by atoms with Crippen molar-refractivity contribution in [2.45, 2.75) is 32.7 Å². The second kappa shape index (κ2) is 6.75. The van der Waals surface area contributed by atoms with Gasteiger partial charge in [-0.05, 0) is 44.9 Å². The number of piperidine rings is 1. The van der Waals surface area contributed by atoms with E-state index in [0.717, 1.165) is 36.2 Å². The van der Waals surface area contributed by atoms with E-state index < -0.39 is 0 Å². The summed E-state index contributed by atoms with van der Waals surface area (Å²) in [5.74, 6) is 1.75. The van der Waals surface area contributed by atoms with Crippen LogP contribution in [0.5, 0.6) is 0 Å². The first-order valence-electron chi connectivity index (χ1n) is 8.51. The van der Waals surface area contributed by atoms with E-state index >= 15 is 0 Å². The SMILES string of the molecule is CC1CCCN(C(=O)CN(C)C(C)c2cc3ccccc3o2)C1. The average molecular weight is 314 g/mol. The summed E-state index contributed by atoms with van der Waals surface area (Å²) in [6.45, 7) is 6.54. The molecule has 23 heavy (non-hydrogen) atoms. The highest BCUT2D eigenvalue weighted by Crippen LogP contribution is 2.26. The molecule has 1 saturated heterocycles. The Morgan fingerprint density at radius 3 is 2.96 bits per heavy atom. The van der Waals surface area contributed by atoms with Gasteiger partial charge in [-0.1, -0.05) is 25.1 Å². The molecule has 0 radical (unpaired) electrons. The van der Waals surface area contributed by atoms with Gasteiger partial charge in [0, 0.05) is 18.5 Å². The van der Waals surface area contributed by atoms with Gasteiger partial charge >= 0.3 is 0 Å². The maximum absolute atomic E-state index is 12.5. The Balaban J connectivity index is 1.64. The summed E-state index contributed by atoms with van der Waals surface area (Å²) in [7, 11) is 1.99. The van der Waals surface area contributed by atoms with Gasteiger partial charge in [-0.2, -0.15) is 0 Å². The second-order valence-corrected chi connectivity index (χ2v) is 6.86. The third kappa shape index (κ3) is 3.58. The number of likely N-dealkylation sites (N-methyl/N-ethyl adjacent to an activating group) is 1. The van der Waals surface area contributed by atoms with Crippen molar-refractivity contribution in [3.8, 4) is 0 Å². The van der Waals surface area contributed by atoms with Crippen molar-refractivity contribution in [2.75, 3.05) is 26.7 Å². The van der Waals surface area contributed by atoms with E-state index in [0.29, 0.717) is 12.5 Å². The fourth-order valence-corrected chi connectivity index (χ4v) is 3.29. The number of carbonyl (C=O) groups excluding carboxylic acids is 1. The van der Waals surface area contributed by atoms with Gasteiger partial charge in [0.05, 0.1) is 12.6 Å². The van der Waals surface area contributed by atoms with Crippen LogP contribution in [0.3, 0.4) is 0 Å². The lowest BCUT2D eigenvalue weighted by Gasteiger charge is -2.33. The minimum atomic E-state index is 0.0774. The third-order valence-electron chi connectivity index (χ3n) is 4.91. The predicted molar refractivity (Wildman–Crippen MR) is 92.2 cm³/mol. The van der Waals surface area contributed by atoms with Crippen LogP contribution in [-0.2, 0) is 4.79 Å². The van der Waals surface area contributed by atoms with Gasteiger partial charge < -0.3 is 9.32 Å². The van der Waals surface area contributed by atoms with E-state index in [2.05, 4.69) is 30.9 Å². The number of fused-ring (bicyclic) bond motifs is 1. The molecule has 2 heterocycles. The van der Waals surface area contributed by atoms with Crippen LogP contribution >= 0.6 is 0 Å². The number of benzene rings is 1. The van der Waals surface area contributed by atoms with Crippen molar-refractivity contribution in [2.24, 2.45) is 5.92 Å². The Morgan fingerprint density at radius 2 is 2.22 bits per heavy atom. The number of para-hydroxylation sites is 1. The van der Waals surface area contributed by atoms with Gasteiger partial charge in [0.1, 0.15) is 11.3 Å². The molecule has 0 spiro atoms. The zero-order valence-corrected chi connectivity index (χ0v) is 14.3. The summed E-state index contributed by atoms with van der Waals surface area (Å²) < 4.78 is 5.93. The lowest BCUT2D eigenvalue weighted by atomic mass is 10.0. The van der Waals surface area contributed by atoms with Crippen LogP contribution < -0.4 is 0 Å². The number of rotatable bonds is 4. The molecule has 0 aliphatic carbocycles. The van der Waals surface area contributed by atoms with Crippen molar-refractivity contribution in [1.29, 1.82) is 0 Å². The van der Waals surface area contributed by atoms with E-state index in [-0.39, 0.29) is 11.9 Å². The third-order valence-corrected chi connectivity index (χ3v) is 4.91. The number of amides is 1. The number of nitrogens with zero attached hydrogens (tertiary/aromatic N) is 2. The fourth-order valence-electron chi connectivity index (χ4n) is 3.29. The summed E-state index contributed by atoms with van der Waals surface area (Å²) in [6, 6.07) is 10.2. The Hall–Kier alpha value is -1.81. The van der Waals surface area contributed by atoms with E-state index in [1.807, 2.05) is 30.1 Å². The van der Waals surface area contributed by atoms with E-state index in [1.54, 1.807) is 0 Å². The molecule has 4 heteroatoms. The number of likely N-dealkylation sites (tertiary alicyclic amines) is 1. The first-order chi connectivity index (χ1) is 11.0. The monoisotopic (exact) mass is 314 g/mol. The van der Waals surface area contributed by atoms with E-state index in [1.165, 1.54) is 6.42 Å². The molecule has 0 saturated carbocycles. The summed E-state index contributed by atoms with van der Waals surface area (Å²) in [5.41, 5.74) is 0.902. The standard InChI is InChI=1S/C19H26N2O2/c1-14-7-6-10-21(12-14)19(22)13-20(3)15(2)18-11-16-8-4-5-9-17(16)23-18/h4-5,8-9,11,14-15H,6-7,10,12-13H2,1-3H3. The maximum atomic E-state index is 12.5. The molecule has 2 unspecified atom stereocenters. The zero-order valence-electron chi connectivity index (χ0n) is 14.3. The van der Waals surface area contributed by atoms with Gasteiger partial charge in [0.2, 0.25) is 5.91 Å². The molecule has 2 aromatic rings. The molecular formula is C19H26N2O2. The lowest BCUT2D eigenvalue weighted by molar-refractivity contribution is -0.134. The zero-order chi connectivity index (χ0) is 16.4. The van der Waals surface area contributed by atoms with Crippen LogP contribution in [0.15, 0.2) is 34.7 Å². The first kappa shape index (κ1) is 16.1. The molecule has 1 aromatic carbocycles. The van der Waals surface area contributed by atoms with Crippen LogP contribution in [0, 0.1) is 5.92 Å². The van der Waals surface area contributed by atoms with Crippen molar-refractivity contribution >= 4 is 16.9 Å². The van der Waals surface area contributed by atoms with Gasteiger partial charge in [-0.3, -0.25) is 9.69 Å². The Bertz CT molecular complexity index is 646. The number of carbonyl (C=O) groups is 1. The number of hydrogen-bond acceptors (Lipinski definition) is 3. The van der Waals surface area contributed by atoms with Crippen molar-refractivity contribution in [3.05, 3.63) is 36.1 Å². The van der Waals surface area contributed by atoms with Crippen LogP contribution in [0.4, 0.5) is 0 Å². The van der Waals surface area contributed by atoms with Crippen molar-refractivity contribution < 1.29 is 9.21 Å². The Kier molecular flexibility index (Phi) is 4.71. The van der Waals surface area contributed by atoms with Crippen molar-refractivity contribution in [1.82, 2.24) is 9.80 Å². The van der Waals surface area contributed by atoms with Crippen LogP contribution in [0.25, 0.3) is 11.0 Å². The van der Waals surface area contributed by atoms with Gasteiger partial charge in [-0.15, -0.1) is 0 Å². The minimum Gasteiger partial charge on any atom is -0.459 e. The molecule has 0 N–H and O–H groups in total. The molecule has 3 rings (SSSR count). The second-order valence-electron chi connectivity index (χ2n) is 6.86. The molecule has 124 valence electrons. The van der Waals surface area contributed by atoms with Gasteiger partial charge in [-0.25, -0.2) is 0 Å². The van der Waals surface area contributed by atoms with Gasteiger partial charge in [0.15, 0.2) is 0 Å². The summed E-state index contributed by atoms with van der Waals surface area (Å²) in [6.07, 6.45) is 2.35. The van der Waals surface area contributed by atoms with Crippen LogP contribution in [0.1, 0.15) is 38.5 Å². The molecule has 1 fully saturated rings. The average Bonchev–Trinajstić information content (AvgIpc) is 2.98. The Labute approximate surface area is 138 Å². The highest BCUT2D eigenvalue weighted by molar-refractivity contribution is 5.79.